The number of furan rings is 3. The van der Waals surface area contributed by atoms with Crippen molar-refractivity contribution in [1.82, 2.24) is 0 Å². The van der Waals surface area contributed by atoms with E-state index >= 15 is 13.2 Å². The SMILES string of the molecule is CCOC(=O)Cc1ccccc1OCc1cc(-c2cccc(CN)c2F)c2occc2c1F.CCOC(=O)Cc1ccccc1OCc1cc(Br)c2occc2c1F.Cl.NCc1cccc(-c2cc(COc3ccccc3CC(=O)O)c(F)c3ccoc23)c1F.NCc1cccc(B(O)O)c1F.[Li+].[OH-]. The standard InChI is InChI=1S/C26H23F2NO4.C24H19F2NO4.C19H16BrFO4.C7H9BFNO2.ClH.Li.H2O/c1-2-31-23(30)13-16-6-3-4-9-22(16)33-15-18-12-21(26-20(25(18)28)10-11-32-26)19-8-5-7-17(14-29)24(19)27;25-22-15(12-27)5-3-6-17(22)19-10-16(23(26)18-8-9-30-24(18)19)13-31-20-7-2-1-4-14(20)11-21(28)29;1-2-23-17(22)10-12-5-3-4-6-16(12)25-11-13-9-15(20)19-14(18(13)21)7-8-24-19;9-7-5(4-10)2-1-3-6(7)8(11)12;;;/h3-12H,2,13-15,29H2,1H3;1-10H,11-13,27H2,(H,28,29);3-9H,2,10-11H2,1H3;1-3,11-12H,4,10H2;1H;;1H2/q;;;;;+1;/p-1. The van der Waals surface area contributed by atoms with Crippen molar-refractivity contribution in [1.29, 1.82) is 0 Å². The molecule has 12 aromatic rings. The summed E-state index contributed by atoms with van der Waals surface area (Å²) in [6.45, 7) is 3.94. The van der Waals surface area contributed by atoms with Crippen molar-refractivity contribution in [3.8, 4) is 39.5 Å². The molecule has 104 heavy (non-hydrogen) atoms. The minimum atomic E-state index is -1.78. The summed E-state index contributed by atoms with van der Waals surface area (Å²) in [6, 6.07) is 44.1. The Morgan fingerprint density at radius 1 is 0.433 bits per heavy atom. The number of benzene rings is 9. The largest absolute Gasteiger partial charge is 1.00 e. The van der Waals surface area contributed by atoms with E-state index in [1.807, 2.05) is 6.07 Å². The molecule has 0 aliphatic heterocycles. The Balaban J connectivity index is 0.000000225. The van der Waals surface area contributed by atoms with Crippen LogP contribution >= 0.6 is 28.3 Å². The van der Waals surface area contributed by atoms with Crippen LogP contribution in [0.25, 0.3) is 55.2 Å². The molecule has 0 fully saturated rings. The van der Waals surface area contributed by atoms with E-state index in [4.69, 9.17) is 69.3 Å². The Morgan fingerprint density at radius 3 is 1.14 bits per heavy atom. The zero-order valence-corrected chi connectivity index (χ0v) is 58.6. The molecule has 0 spiro atoms. The van der Waals surface area contributed by atoms with Crippen LogP contribution in [-0.4, -0.2) is 58.9 Å². The molecular weight excluding hydrogens is 1440 g/mol. The summed E-state index contributed by atoms with van der Waals surface area (Å²) in [5.74, 6) is -3.44. The van der Waals surface area contributed by atoms with Gasteiger partial charge in [0, 0.05) is 97.4 Å². The number of nitrogens with two attached hydrogens (primary N) is 3. The van der Waals surface area contributed by atoms with Crippen molar-refractivity contribution in [2.75, 3.05) is 13.2 Å². The van der Waals surface area contributed by atoms with Crippen LogP contribution in [0.5, 0.6) is 17.2 Å². The predicted molar refractivity (Wildman–Crippen MR) is 380 cm³/mol. The maximum absolute atomic E-state index is 15.2. The maximum Gasteiger partial charge on any atom is 1.00 e. The molecule has 3 aromatic heterocycles. The van der Waals surface area contributed by atoms with Crippen molar-refractivity contribution in [2.45, 2.75) is 72.6 Å². The molecule has 538 valence electrons. The number of rotatable bonds is 23. The van der Waals surface area contributed by atoms with Crippen LogP contribution in [0.15, 0.2) is 200 Å². The van der Waals surface area contributed by atoms with Crippen molar-refractivity contribution < 1.29 is 117 Å². The summed E-state index contributed by atoms with van der Waals surface area (Å²) in [6.07, 6.45) is 4.07. The molecule has 0 unspecified atom stereocenters. The van der Waals surface area contributed by atoms with Gasteiger partial charge in [-0.05, 0) is 84.4 Å². The fourth-order valence-corrected chi connectivity index (χ4v) is 11.3. The van der Waals surface area contributed by atoms with Gasteiger partial charge in [0.05, 0.1) is 71.9 Å². The molecule has 0 radical (unpaired) electrons. The predicted octanol–water partition coefficient (Wildman–Crippen LogP) is 11.8. The number of aliphatic carboxylic acids is 1. The average Bonchev–Trinajstić information content (AvgIpc) is 1.51. The first-order chi connectivity index (χ1) is 48.8. The summed E-state index contributed by atoms with van der Waals surface area (Å²) >= 11 is 3.37. The van der Waals surface area contributed by atoms with Crippen LogP contribution < -0.4 is 55.7 Å². The van der Waals surface area contributed by atoms with Gasteiger partial charge in [0.1, 0.15) is 83.1 Å². The fourth-order valence-electron chi connectivity index (χ4n) is 10.8. The number of ether oxygens (including phenoxy) is 5. The topological polar surface area (TPSA) is 306 Å². The van der Waals surface area contributed by atoms with E-state index < -0.39 is 42.2 Å². The van der Waals surface area contributed by atoms with Crippen LogP contribution in [0, 0.1) is 34.9 Å². The summed E-state index contributed by atoms with van der Waals surface area (Å²) in [5, 5.41) is 27.3. The van der Waals surface area contributed by atoms with Crippen molar-refractivity contribution >= 4 is 91.7 Å². The number of carbonyl (C=O) groups is 3. The monoisotopic (exact) mass is 1510 g/mol. The first-order valence-electron chi connectivity index (χ1n) is 31.4. The van der Waals surface area contributed by atoms with E-state index in [2.05, 4.69) is 15.9 Å². The number of carboxylic acids is 1. The van der Waals surface area contributed by atoms with E-state index in [1.54, 1.807) is 129 Å². The third kappa shape index (κ3) is 20.3. The molecule has 0 bridgehead atoms. The van der Waals surface area contributed by atoms with Gasteiger partial charge in [-0.15, -0.1) is 12.4 Å². The summed E-state index contributed by atoms with van der Waals surface area (Å²) in [5.41, 5.74) is 22.1. The molecule has 0 amide bonds. The molecule has 18 nitrogen and oxygen atoms in total. The maximum atomic E-state index is 15.2. The number of hydrogen-bond acceptors (Lipinski definition) is 17. The molecule has 28 heteroatoms. The molecule has 3 heterocycles. The Labute approximate surface area is 619 Å². The second-order valence-electron chi connectivity index (χ2n) is 22.2. The van der Waals surface area contributed by atoms with Gasteiger partial charge in [0.25, 0.3) is 0 Å². The van der Waals surface area contributed by atoms with Crippen LogP contribution in [0.2, 0.25) is 0 Å². The molecule has 0 saturated heterocycles. The van der Waals surface area contributed by atoms with Crippen LogP contribution in [0.3, 0.4) is 0 Å². The summed E-state index contributed by atoms with van der Waals surface area (Å²) in [7, 11) is -1.78. The Hall–Kier alpha value is -9.82. The fraction of sp³-hybridized carbons (Fsp3) is 0.171. The molecular formula is C76H69BBrClF6LiN3O15. The van der Waals surface area contributed by atoms with Gasteiger partial charge in [0.2, 0.25) is 0 Å². The average molecular weight is 1510 g/mol. The zero-order chi connectivity index (χ0) is 72.3. The van der Waals surface area contributed by atoms with Crippen LogP contribution in [-0.2, 0) is 82.6 Å². The molecule has 9 aromatic carbocycles. The molecule has 0 atom stereocenters. The quantitative estimate of drug-likeness (QED) is 0.0197. The van der Waals surface area contributed by atoms with Gasteiger partial charge < -0.3 is 74.8 Å². The molecule has 0 aliphatic carbocycles. The number of hydrogen-bond donors (Lipinski definition) is 6. The van der Waals surface area contributed by atoms with Gasteiger partial charge in [0.15, 0.2) is 5.58 Å². The molecule has 12 rings (SSSR count). The number of carbonyl (C=O) groups excluding carboxylic acids is 2. The number of halogens is 8. The smallest absolute Gasteiger partial charge is 0.870 e. The number of fused-ring (bicyclic) bond motifs is 3. The van der Waals surface area contributed by atoms with Gasteiger partial charge in [-0.3, -0.25) is 14.4 Å². The number of carboxylic acid groups (broad SMARTS) is 1. The van der Waals surface area contributed by atoms with Gasteiger partial charge in [-0.2, -0.15) is 0 Å². The third-order valence-corrected chi connectivity index (χ3v) is 16.3. The minimum absolute atomic E-state index is 0. The molecule has 10 N–H and O–H groups in total. The van der Waals surface area contributed by atoms with E-state index in [-0.39, 0.29) is 175 Å². The first kappa shape index (κ1) is 83.1. The third-order valence-electron chi connectivity index (χ3n) is 15.7. The van der Waals surface area contributed by atoms with E-state index in [0.717, 1.165) is 0 Å². The Bertz CT molecular complexity index is 4910. The van der Waals surface area contributed by atoms with E-state index in [1.165, 1.54) is 61.3 Å². The van der Waals surface area contributed by atoms with Crippen LogP contribution in [0.1, 0.15) is 63.9 Å². The zero-order valence-electron chi connectivity index (χ0n) is 56.2. The van der Waals surface area contributed by atoms with Gasteiger partial charge >= 0.3 is 43.9 Å². The first-order valence-corrected chi connectivity index (χ1v) is 32.2. The van der Waals surface area contributed by atoms with Crippen molar-refractivity contribution in [3.63, 3.8) is 0 Å². The number of esters is 2. The van der Waals surface area contributed by atoms with Gasteiger partial charge in [-0.1, -0.05) is 109 Å². The summed E-state index contributed by atoms with van der Waals surface area (Å²) in [4.78, 5) is 34.7. The normalized spacial score (nSPS) is 10.6. The number of para-hydroxylation sites is 3. The summed E-state index contributed by atoms with van der Waals surface area (Å²) < 4.78 is 132. The van der Waals surface area contributed by atoms with Gasteiger partial charge in [-0.25, -0.2) is 26.3 Å². The van der Waals surface area contributed by atoms with Crippen LogP contribution in [0.4, 0.5) is 26.3 Å². The molecule has 0 aliphatic rings. The van der Waals surface area contributed by atoms with Crippen molar-refractivity contribution in [2.24, 2.45) is 17.2 Å². The second-order valence-corrected chi connectivity index (χ2v) is 23.1. The second kappa shape index (κ2) is 39.7. The Kier molecular flexibility index (Phi) is 31.8. The van der Waals surface area contributed by atoms with E-state index in [0.29, 0.717) is 83.8 Å². The minimum Gasteiger partial charge on any atom is -0.870 e. The Morgan fingerprint density at radius 2 is 0.769 bits per heavy atom. The molecule has 0 saturated carbocycles. The van der Waals surface area contributed by atoms with Crippen molar-refractivity contribution in [3.05, 3.63) is 272 Å². The van der Waals surface area contributed by atoms with E-state index in [9.17, 15) is 27.6 Å².